The van der Waals surface area contributed by atoms with Crippen LogP contribution in [0.2, 0.25) is 0 Å². The SMILES string of the molecule is C=CC(=O)OCC(O)COCCCO. The molecule has 0 bridgehead atoms. The highest BCUT2D eigenvalue weighted by molar-refractivity contribution is 5.81. The Morgan fingerprint density at radius 1 is 1.50 bits per heavy atom. The van der Waals surface area contributed by atoms with Crippen LogP contribution in [0.3, 0.4) is 0 Å². The van der Waals surface area contributed by atoms with Crippen molar-refractivity contribution >= 4 is 5.97 Å². The van der Waals surface area contributed by atoms with Crippen LogP contribution >= 0.6 is 0 Å². The number of aliphatic hydroxyl groups is 2. The average Bonchev–Trinajstić information content (AvgIpc) is 2.21. The molecule has 1 atom stereocenters. The van der Waals surface area contributed by atoms with E-state index in [4.69, 9.17) is 9.84 Å². The standard InChI is InChI=1S/C9H16O5/c1-2-9(12)14-7-8(11)6-13-5-3-4-10/h2,8,10-11H,1,3-7H2. The number of hydrogen-bond donors (Lipinski definition) is 2. The summed E-state index contributed by atoms with van der Waals surface area (Å²) in [4.78, 5) is 10.6. The van der Waals surface area contributed by atoms with Crippen molar-refractivity contribution in [2.75, 3.05) is 26.4 Å². The maximum Gasteiger partial charge on any atom is 0.330 e. The third kappa shape index (κ3) is 7.72. The number of rotatable bonds is 8. The smallest absolute Gasteiger partial charge is 0.330 e. The zero-order chi connectivity index (χ0) is 10.8. The average molecular weight is 204 g/mol. The van der Waals surface area contributed by atoms with Gasteiger partial charge in [0.15, 0.2) is 0 Å². The Labute approximate surface area is 82.9 Å². The summed E-state index contributed by atoms with van der Waals surface area (Å²) in [6.07, 6.45) is 0.719. The van der Waals surface area contributed by atoms with Crippen LogP contribution in [0.1, 0.15) is 6.42 Å². The minimum atomic E-state index is -0.836. The molecule has 0 saturated carbocycles. The molecule has 0 aliphatic carbocycles. The molecule has 5 heteroatoms. The van der Waals surface area contributed by atoms with Gasteiger partial charge < -0.3 is 19.7 Å². The first-order valence-electron chi connectivity index (χ1n) is 4.36. The molecule has 0 saturated heterocycles. The van der Waals surface area contributed by atoms with Crippen LogP contribution in [-0.4, -0.2) is 48.7 Å². The summed E-state index contributed by atoms with van der Waals surface area (Å²) in [6, 6.07) is 0. The second kappa shape index (κ2) is 8.68. The first-order chi connectivity index (χ1) is 6.70. The Balaban J connectivity index is 3.31. The molecule has 0 fully saturated rings. The topological polar surface area (TPSA) is 76.0 Å². The highest BCUT2D eigenvalue weighted by Crippen LogP contribution is 1.90. The van der Waals surface area contributed by atoms with Crippen molar-refractivity contribution < 1.29 is 24.5 Å². The summed E-state index contributed by atoms with van der Waals surface area (Å²) in [5, 5.41) is 17.6. The fraction of sp³-hybridized carbons (Fsp3) is 0.667. The highest BCUT2D eigenvalue weighted by Gasteiger charge is 2.06. The van der Waals surface area contributed by atoms with Gasteiger partial charge >= 0.3 is 5.97 Å². The summed E-state index contributed by atoms with van der Waals surface area (Å²) in [7, 11) is 0. The maximum atomic E-state index is 10.6. The second-order valence-electron chi connectivity index (χ2n) is 2.64. The van der Waals surface area contributed by atoms with E-state index in [1.807, 2.05) is 0 Å². The third-order valence-corrected chi connectivity index (χ3v) is 1.34. The Morgan fingerprint density at radius 2 is 2.21 bits per heavy atom. The van der Waals surface area contributed by atoms with Crippen LogP contribution in [0.4, 0.5) is 0 Å². The van der Waals surface area contributed by atoms with Gasteiger partial charge in [-0.15, -0.1) is 0 Å². The first-order valence-corrected chi connectivity index (χ1v) is 4.36. The lowest BCUT2D eigenvalue weighted by atomic mass is 10.4. The van der Waals surface area contributed by atoms with E-state index in [0.717, 1.165) is 6.08 Å². The number of hydrogen-bond acceptors (Lipinski definition) is 5. The van der Waals surface area contributed by atoms with Gasteiger partial charge in [-0.25, -0.2) is 4.79 Å². The van der Waals surface area contributed by atoms with E-state index in [0.29, 0.717) is 13.0 Å². The molecular weight excluding hydrogens is 188 g/mol. The van der Waals surface area contributed by atoms with Gasteiger partial charge in [0, 0.05) is 19.3 Å². The van der Waals surface area contributed by atoms with Gasteiger partial charge in [-0.1, -0.05) is 6.58 Å². The fourth-order valence-electron chi connectivity index (χ4n) is 0.671. The predicted octanol–water partition coefficient (Wildman–Crippen LogP) is -0.525. The molecule has 14 heavy (non-hydrogen) atoms. The molecular formula is C9H16O5. The molecule has 82 valence electrons. The molecule has 0 aliphatic rings. The van der Waals surface area contributed by atoms with Crippen LogP contribution < -0.4 is 0 Å². The maximum absolute atomic E-state index is 10.6. The minimum absolute atomic E-state index is 0.0571. The van der Waals surface area contributed by atoms with E-state index in [2.05, 4.69) is 11.3 Å². The summed E-state index contributed by atoms with van der Waals surface area (Å²) in [6.45, 7) is 3.63. The molecule has 2 N–H and O–H groups in total. The van der Waals surface area contributed by atoms with E-state index >= 15 is 0 Å². The van der Waals surface area contributed by atoms with Crippen molar-refractivity contribution in [3.05, 3.63) is 12.7 Å². The van der Waals surface area contributed by atoms with Crippen LogP contribution in [0.15, 0.2) is 12.7 Å². The lowest BCUT2D eigenvalue weighted by molar-refractivity contribution is -0.141. The zero-order valence-electron chi connectivity index (χ0n) is 8.02. The molecule has 0 rings (SSSR count). The van der Waals surface area contributed by atoms with E-state index in [9.17, 15) is 9.90 Å². The largest absolute Gasteiger partial charge is 0.460 e. The van der Waals surface area contributed by atoms with E-state index < -0.39 is 12.1 Å². The molecule has 0 radical (unpaired) electrons. The van der Waals surface area contributed by atoms with Crippen molar-refractivity contribution in [1.82, 2.24) is 0 Å². The Morgan fingerprint density at radius 3 is 2.79 bits per heavy atom. The Hall–Kier alpha value is -0.910. The fourth-order valence-corrected chi connectivity index (χ4v) is 0.671. The molecule has 0 spiro atoms. The quantitative estimate of drug-likeness (QED) is 0.316. The van der Waals surface area contributed by atoms with E-state index in [1.54, 1.807) is 0 Å². The lowest BCUT2D eigenvalue weighted by Crippen LogP contribution is -2.23. The van der Waals surface area contributed by atoms with Gasteiger partial charge in [0.25, 0.3) is 0 Å². The van der Waals surface area contributed by atoms with Crippen LogP contribution in [0.25, 0.3) is 0 Å². The van der Waals surface area contributed by atoms with Crippen molar-refractivity contribution in [3.63, 3.8) is 0 Å². The molecule has 0 aromatic rings. The summed E-state index contributed by atoms with van der Waals surface area (Å²) < 4.78 is 9.55. The third-order valence-electron chi connectivity index (χ3n) is 1.34. The van der Waals surface area contributed by atoms with E-state index in [-0.39, 0.29) is 19.8 Å². The number of ether oxygens (including phenoxy) is 2. The minimum Gasteiger partial charge on any atom is -0.460 e. The van der Waals surface area contributed by atoms with Crippen molar-refractivity contribution in [1.29, 1.82) is 0 Å². The first kappa shape index (κ1) is 13.1. The molecule has 1 unspecified atom stereocenters. The van der Waals surface area contributed by atoms with Gasteiger partial charge in [0.05, 0.1) is 6.61 Å². The Bertz CT molecular complexity index is 169. The highest BCUT2D eigenvalue weighted by atomic mass is 16.5. The predicted molar refractivity (Wildman–Crippen MR) is 49.7 cm³/mol. The Kier molecular flexibility index (Phi) is 8.11. The molecule has 0 aliphatic heterocycles. The second-order valence-corrected chi connectivity index (χ2v) is 2.64. The number of aliphatic hydroxyl groups excluding tert-OH is 2. The van der Waals surface area contributed by atoms with Crippen molar-refractivity contribution in [2.45, 2.75) is 12.5 Å². The van der Waals surface area contributed by atoms with Gasteiger partial charge in [-0.3, -0.25) is 0 Å². The number of carbonyl (C=O) groups excluding carboxylic acids is 1. The van der Waals surface area contributed by atoms with Crippen LogP contribution in [0, 0.1) is 0 Å². The van der Waals surface area contributed by atoms with E-state index in [1.165, 1.54) is 0 Å². The normalized spacial score (nSPS) is 12.1. The number of carbonyl (C=O) groups is 1. The molecule has 0 amide bonds. The summed E-state index contributed by atoms with van der Waals surface area (Å²) >= 11 is 0. The van der Waals surface area contributed by atoms with Crippen molar-refractivity contribution in [2.24, 2.45) is 0 Å². The van der Waals surface area contributed by atoms with Gasteiger partial charge in [0.1, 0.15) is 12.7 Å². The van der Waals surface area contributed by atoms with Crippen LogP contribution in [0.5, 0.6) is 0 Å². The molecule has 0 aromatic heterocycles. The van der Waals surface area contributed by atoms with Gasteiger partial charge in [-0.05, 0) is 6.42 Å². The zero-order valence-corrected chi connectivity index (χ0v) is 8.02. The summed E-state index contributed by atoms with van der Waals surface area (Å²) in [5.41, 5.74) is 0. The summed E-state index contributed by atoms with van der Waals surface area (Å²) in [5.74, 6) is -0.570. The lowest BCUT2D eigenvalue weighted by Gasteiger charge is -2.10. The monoisotopic (exact) mass is 204 g/mol. The van der Waals surface area contributed by atoms with Gasteiger partial charge in [0.2, 0.25) is 0 Å². The van der Waals surface area contributed by atoms with Gasteiger partial charge in [-0.2, -0.15) is 0 Å². The van der Waals surface area contributed by atoms with Crippen molar-refractivity contribution in [3.8, 4) is 0 Å². The number of esters is 1. The van der Waals surface area contributed by atoms with Crippen LogP contribution in [-0.2, 0) is 14.3 Å². The molecule has 0 aromatic carbocycles. The molecule has 0 heterocycles. The molecule has 5 nitrogen and oxygen atoms in total.